The first-order valence-corrected chi connectivity index (χ1v) is 10.3. The number of nitrogens with two attached hydrogens (primary N) is 1. The van der Waals surface area contributed by atoms with Crippen LogP contribution in [0.15, 0.2) is 57.7 Å². The molecule has 0 unspecified atom stereocenters. The molecule has 0 saturated heterocycles. The Morgan fingerprint density at radius 2 is 2.13 bits per heavy atom. The molecule has 0 atom stereocenters. The molecule has 0 aliphatic heterocycles. The molecule has 30 heavy (non-hydrogen) atoms. The summed E-state index contributed by atoms with van der Waals surface area (Å²) < 4.78 is 3.12. The number of amides is 2. The van der Waals surface area contributed by atoms with Gasteiger partial charge < -0.3 is 11.1 Å². The van der Waals surface area contributed by atoms with E-state index in [9.17, 15) is 9.59 Å². The number of guanidine groups is 1. The second-order valence-electron chi connectivity index (χ2n) is 6.16. The van der Waals surface area contributed by atoms with E-state index in [0.717, 1.165) is 5.56 Å². The maximum Gasteiger partial charge on any atom is 0.321 e. The standard InChI is InChI=1S/C19H22N8O2S/c1-4-21-18(29)25-17(20)23-13-7-6-12(10-15(13)27-9-5-8-22-27)14-11-16(28)26(2)19(24-14)30-3/h5-11H,4H2,1-3H3,(H4,20,21,23,25,29). The monoisotopic (exact) mass is 426 g/mol. The van der Waals surface area contributed by atoms with E-state index in [1.165, 1.54) is 22.4 Å². The van der Waals surface area contributed by atoms with Crippen LogP contribution in [0.5, 0.6) is 0 Å². The molecule has 0 spiro atoms. The number of thioether (sulfide) groups is 1. The van der Waals surface area contributed by atoms with Crippen LogP contribution in [0, 0.1) is 0 Å². The van der Waals surface area contributed by atoms with Crippen LogP contribution in [-0.2, 0) is 7.05 Å². The summed E-state index contributed by atoms with van der Waals surface area (Å²) in [6.45, 7) is 2.27. The van der Waals surface area contributed by atoms with Gasteiger partial charge in [0.05, 0.1) is 17.1 Å². The first-order chi connectivity index (χ1) is 14.4. The number of carbonyl (C=O) groups is 1. The average molecular weight is 427 g/mol. The Bertz CT molecular complexity index is 1140. The van der Waals surface area contributed by atoms with E-state index in [1.54, 1.807) is 49.2 Å². The van der Waals surface area contributed by atoms with Crippen LogP contribution in [0.3, 0.4) is 0 Å². The highest BCUT2D eigenvalue weighted by Crippen LogP contribution is 2.29. The molecule has 156 valence electrons. The van der Waals surface area contributed by atoms with Crippen molar-refractivity contribution in [2.45, 2.75) is 12.1 Å². The first kappa shape index (κ1) is 21.1. The molecule has 0 aliphatic carbocycles. The lowest BCUT2D eigenvalue weighted by molar-refractivity contribution is 0.245. The van der Waals surface area contributed by atoms with Crippen molar-refractivity contribution in [1.82, 2.24) is 30.0 Å². The van der Waals surface area contributed by atoms with E-state index in [0.29, 0.717) is 28.8 Å². The van der Waals surface area contributed by atoms with Crippen molar-refractivity contribution >= 4 is 29.4 Å². The van der Waals surface area contributed by atoms with Gasteiger partial charge in [-0.05, 0) is 31.4 Å². The van der Waals surface area contributed by atoms with E-state index < -0.39 is 6.03 Å². The minimum Gasteiger partial charge on any atom is -0.369 e. The highest BCUT2D eigenvalue weighted by atomic mass is 32.2. The van der Waals surface area contributed by atoms with Crippen LogP contribution < -0.4 is 21.9 Å². The number of urea groups is 1. The second kappa shape index (κ2) is 9.27. The Labute approximate surface area is 177 Å². The lowest BCUT2D eigenvalue weighted by Gasteiger charge is -2.12. The van der Waals surface area contributed by atoms with Crippen molar-refractivity contribution in [1.29, 1.82) is 0 Å². The molecule has 10 nitrogen and oxygen atoms in total. The summed E-state index contributed by atoms with van der Waals surface area (Å²) in [7, 11) is 1.68. The van der Waals surface area contributed by atoms with Gasteiger partial charge in [-0.2, -0.15) is 5.10 Å². The van der Waals surface area contributed by atoms with Crippen LogP contribution >= 0.6 is 11.8 Å². The molecule has 11 heteroatoms. The molecule has 2 amide bonds. The Kier molecular flexibility index (Phi) is 6.52. The van der Waals surface area contributed by atoms with Crippen LogP contribution in [-0.4, -0.2) is 44.1 Å². The summed E-state index contributed by atoms with van der Waals surface area (Å²) >= 11 is 1.39. The molecule has 1 aromatic carbocycles. The van der Waals surface area contributed by atoms with Crippen molar-refractivity contribution in [3.05, 3.63) is 53.1 Å². The number of nitrogens with one attached hydrogen (secondary N) is 2. The zero-order valence-electron chi connectivity index (χ0n) is 16.8. The Hall–Kier alpha value is -3.60. The van der Waals surface area contributed by atoms with Crippen LogP contribution in [0.2, 0.25) is 0 Å². The van der Waals surface area contributed by atoms with Gasteiger partial charge in [0.2, 0.25) is 5.96 Å². The number of rotatable bonds is 5. The summed E-state index contributed by atoms with van der Waals surface area (Å²) in [5, 5.41) is 9.92. The summed E-state index contributed by atoms with van der Waals surface area (Å²) in [4.78, 5) is 32.8. The first-order valence-electron chi connectivity index (χ1n) is 9.08. The fraction of sp³-hybridized carbons (Fsp3) is 0.211. The van der Waals surface area contributed by atoms with E-state index in [1.807, 2.05) is 12.3 Å². The maximum absolute atomic E-state index is 12.3. The highest BCUT2D eigenvalue weighted by Gasteiger charge is 2.12. The van der Waals surface area contributed by atoms with Crippen molar-refractivity contribution in [2.75, 3.05) is 12.8 Å². The smallest absolute Gasteiger partial charge is 0.321 e. The van der Waals surface area contributed by atoms with E-state index in [4.69, 9.17) is 5.73 Å². The molecular formula is C19H22N8O2S. The van der Waals surface area contributed by atoms with Gasteiger partial charge in [-0.25, -0.2) is 19.5 Å². The molecule has 0 fully saturated rings. The molecular weight excluding hydrogens is 404 g/mol. The number of aromatic nitrogens is 4. The number of aliphatic imine (C=N–C) groups is 1. The van der Waals surface area contributed by atoms with Crippen LogP contribution in [0.25, 0.3) is 16.9 Å². The molecule has 0 bridgehead atoms. The predicted octanol–water partition coefficient (Wildman–Crippen LogP) is 1.62. The van der Waals surface area contributed by atoms with E-state index in [-0.39, 0.29) is 11.5 Å². The maximum atomic E-state index is 12.3. The largest absolute Gasteiger partial charge is 0.369 e. The summed E-state index contributed by atoms with van der Waals surface area (Å²) in [6.07, 6.45) is 5.26. The van der Waals surface area contributed by atoms with Crippen molar-refractivity contribution in [3.8, 4) is 16.9 Å². The Morgan fingerprint density at radius 3 is 2.80 bits per heavy atom. The van der Waals surface area contributed by atoms with Gasteiger partial charge in [0.15, 0.2) is 5.16 Å². The lowest BCUT2D eigenvalue weighted by atomic mass is 10.1. The zero-order valence-corrected chi connectivity index (χ0v) is 17.6. The topological polar surface area (TPSA) is 132 Å². The SMILES string of the molecule is CCNC(=O)NC(N)=Nc1ccc(-c2cc(=O)n(C)c(SC)n2)cc1-n1cccn1. The second-order valence-corrected chi connectivity index (χ2v) is 6.93. The van der Waals surface area contributed by atoms with Crippen molar-refractivity contribution in [3.63, 3.8) is 0 Å². The molecule has 2 heterocycles. The quantitative estimate of drug-likeness (QED) is 0.246. The van der Waals surface area contributed by atoms with Crippen molar-refractivity contribution in [2.24, 2.45) is 17.8 Å². The fourth-order valence-electron chi connectivity index (χ4n) is 2.70. The number of hydrogen-bond donors (Lipinski definition) is 3. The number of benzene rings is 1. The zero-order chi connectivity index (χ0) is 21.7. The minimum absolute atomic E-state index is 0.0570. The van der Waals surface area contributed by atoms with Crippen molar-refractivity contribution < 1.29 is 4.79 Å². The lowest BCUT2D eigenvalue weighted by Crippen LogP contribution is -2.43. The molecule has 2 aromatic heterocycles. The number of hydrogen-bond acceptors (Lipinski definition) is 6. The molecule has 0 aliphatic rings. The van der Waals surface area contributed by atoms with Gasteiger partial charge in [0.25, 0.3) is 5.56 Å². The minimum atomic E-state index is -0.440. The number of nitrogens with zero attached hydrogens (tertiary/aromatic N) is 5. The fourth-order valence-corrected chi connectivity index (χ4v) is 3.25. The van der Waals surface area contributed by atoms with Gasteiger partial charge in [-0.15, -0.1) is 0 Å². The predicted molar refractivity (Wildman–Crippen MR) is 117 cm³/mol. The average Bonchev–Trinajstić information content (AvgIpc) is 3.25. The molecule has 4 N–H and O–H groups in total. The Morgan fingerprint density at radius 1 is 1.33 bits per heavy atom. The summed E-state index contributed by atoms with van der Waals surface area (Å²) in [5.74, 6) is -0.0570. The third kappa shape index (κ3) is 4.69. The van der Waals surface area contributed by atoms with Gasteiger partial charge in [0, 0.05) is 37.6 Å². The third-order valence-corrected chi connectivity index (χ3v) is 4.85. The third-order valence-electron chi connectivity index (χ3n) is 4.12. The molecule has 0 radical (unpaired) electrons. The van der Waals surface area contributed by atoms with E-state index in [2.05, 4.69) is 25.7 Å². The van der Waals surface area contributed by atoms with Gasteiger partial charge in [-0.3, -0.25) is 14.7 Å². The van der Waals surface area contributed by atoms with E-state index >= 15 is 0 Å². The van der Waals surface area contributed by atoms with Crippen LogP contribution in [0.4, 0.5) is 10.5 Å². The molecule has 3 rings (SSSR count). The molecule has 0 saturated carbocycles. The highest BCUT2D eigenvalue weighted by molar-refractivity contribution is 7.98. The van der Waals surface area contributed by atoms with Crippen LogP contribution in [0.1, 0.15) is 6.92 Å². The van der Waals surface area contributed by atoms with Gasteiger partial charge >= 0.3 is 6.03 Å². The van der Waals surface area contributed by atoms with Gasteiger partial charge in [-0.1, -0.05) is 17.8 Å². The summed E-state index contributed by atoms with van der Waals surface area (Å²) in [5.41, 5.74) is 8.10. The Balaban J connectivity index is 2.06. The normalized spacial score (nSPS) is 11.4. The number of carbonyl (C=O) groups excluding carboxylic acids is 1. The summed E-state index contributed by atoms with van der Waals surface area (Å²) in [6, 6.07) is 8.16. The molecule has 3 aromatic rings. The van der Waals surface area contributed by atoms with Gasteiger partial charge in [0.1, 0.15) is 0 Å².